The SMILES string of the molecule is COC(=O)c1ccc(C)c(C#Cc2cnc3c(c2)C=NC3)c1. The number of ether oxygens (including phenoxy) is 1. The second kappa shape index (κ2) is 5.82. The fraction of sp³-hybridized carbons (Fsp3) is 0.167. The first-order chi connectivity index (χ1) is 10.7. The minimum absolute atomic E-state index is 0.363. The number of aromatic nitrogens is 1. The van der Waals surface area contributed by atoms with Crippen molar-refractivity contribution >= 4 is 12.2 Å². The standard InChI is InChI=1S/C18H14N2O2/c1-12-3-5-15(18(21)22-2)8-14(12)6-4-13-7-16-10-19-11-17(16)20-9-13/h3,5,7-10H,11H2,1-2H3. The smallest absolute Gasteiger partial charge is 0.337 e. The van der Waals surface area contributed by atoms with E-state index in [2.05, 4.69) is 21.8 Å². The summed E-state index contributed by atoms with van der Waals surface area (Å²) < 4.78 is 4.73. The normalized spacial score (nSPS) is 11.5. The molecule has 0 amide bonds. The molecule has 4 heteroatoms. The Balaban J connectivity index is 1.93. The summed E-state index contributed by atoms with van der Waals surface area (Å²) in [6, 6.07) is 7.32. The quantitative estimate of drug-likeness (QED) is 0.599. The van der Waals surface area contributed by atoms with Crippen LogP contribution in [-0.4, -0.2) is 24.3 Å². The maximum atomic E-state index is 11.6. The van der Waals surface area contributed by atoms with Crippen LogP contribution in [0.2, 0.25) is 0 Å². The molecule has 1 aromatic heterocycles. The lowest BCUT2D eigenvalue weighted by Crippen LogP contribution is -2.01. The molecule has 2 heterocycles. The van der Waals surface area contributed by atoms with E-state index < -0.39 is 0 Å². The molecule has 1 aliphatic heterocycles. The minimum atomic E-state index is -0.363. The maximum absolute atomic E-state index is 11.6. The third kappa shape index (κ3) is 2.75. The van der Waals surface area contributed by atoms with Crippen LogP contribution >= 0.6 is 0 Å². The average Bonchev–Trinajstić information content (AvgIpc) is 3.01. The van der Waals surface area contributed by atoms with Crippen molar-refractivity contribution in [3.63, 3.8) is 0 Å². The van der Waals surface area contributed by atoms with Gasteiger partial charge in [0.1, 0.15) is 0 Å². The summed E-state index contributed by atoms with van der Waals surface area (Å²) in [5.74, 6) is 5.82. The predicted octanol–water partition coefficient (Wildman–Crippen LogP) is 2.51. The van der Waals surface area contributed by atoms with E-state index in [1.54, 1.807) is 18.3 Å². The first-order valence-electron chi connectivity index (χ1n) is 6.87. The monoisotopic (exact) mass is 290 g/mol. The molecule has 0 N–H and O–H groups in total. The number of nitrogens with zero attached hydrogens (tertiary/aromatic N) is 2. The Hall–Kier alpha value is -2.93. The van der Waals surface area contributed by atoms with Crippen LogP contribution < -0.4 is 0 Å². The largest absolute Gasteiger partial charge is 0.465 e. The van der Waals surface area contributed by atoms with Crippen molar-refractivity contribution in [2.45, 2.75) is 13.5 Å². The summed E-state index contributed by atoms with van der Waals surface area (Å²) in [4.78, 5) is 20.1. The molecular formula is C18H14N2O2. The van der Waals surface area contributed by atoms with Crippen LogP contribution in [0.3, 0.4) is 0 Å². The number of hydrogen-bond acceptors (Lipinski definition) is 4. The number of hydrogen-bond donors (Lipinski definition) is 0. The van der Waals surface area contributed by atoms with E-state index >= 15 is 0 Å². The molecule has 0 unspecified atom stereocenters. The Morgan fingerprint density at radius 2 is 2.14 bits per heavy atom. The van der Waals surface area contributed by atoms with E-state index in [9.17, 15) is 4.79 Å². The Bertz CT molecular complexity index is 842. The Kier molecular flexibility index (Phi) is 3.71. The van der Waals surface area contributed by atoms with Crippen molar-refractivity contribution < 1.29 is 9.53 Å². The molecule has 0 atom stereocenters. The Labute approximate surface area is 128 Å². The lowest BCUT2D eigenvalue weighted by atomic mass is 10.0. The summed E-state index contributed by atoms with van der Waals surface area (Å²) in [7, 11) is 1.37. The van der Waals surface area contributed by atoms with Gasteiger partial charge >= 0.3 is 5.97 Å². The van der Waals surface area contributed by atoms with Gasteiger partial charge in [-0.1, -0.05) is 17.9 Å². The van der Waals surface area contributed by atoms with Crippen molar-refractivity contribution in [1.29, 1.82) is 0 Å². The maximum Gasteiger partial charge on any atom is 0.337 e. The third-order valence-electron chi connectivity index (χ3n) is 3.48. The summed E-state index contributed by atoms with van der Waals surface area (Å²) in [6.45, 7) is 2.60. The van der Waals surface area contributed by atoms with Crippen molar-refractivity contribution in [2.24, 2.45) is 4.99 Å². The van der Waals surface area contributed by atoms with Gasteiger partial charge in [-0.15, -0.1) is 0 Å². The molecule has 0 saturated carbocycles. The van der Waals surface area contributed by atoms with Gasteiger partial charge < -0.3 is 4.74 Å². The number of methoxy groups -OCH3 is 1. The molecule has 0 fully saturated rings. The molecule has 22 heavy (non-hydrogen) atoms. The van der Waals surface area contributed by atoms with E-state index in [0.29, 0.717) is 12.1 Å². The van der Waals surface area contributed by atoms with Crippen molar-refractivity contribution in [2.75, 3.05) is 7.11 Å². The fourth-order valence-electron chi connectivity index (χ4n) is 2.19. The highest BCUT2D eigenvalue weighted by molar-refractivity contribution is 5.90. The van der Waals surface area contributed by atoms with Gasteiger partial charge in [-0.25, -0.2) is 4.79 Å². The molecule has 4 nitrogen and oxygen atoms in total. The molecule has 108 valence electrons. The van der Waals surface area contributed by atoms with E-state index in [1.165, 1.54) is 7.11 Å². The number of pyridine rings is 1. The van der Waals surface area contributed by atoms with Gasteiger partial charge in [-0.2, -0.15) is 0 Å². The van der Waals surface area contributed by atoms with E-state index in [-0.39, 0.29) is 5.97 Å². The highest BCUT2D eigenvalue weighted by atomic mass is 16.5. The first-order valence-corrected chi connectivity index (χ1v) is 6.87. The van der Waals surface area contributed by atoms with Crippen molar-refractivity contribution in [3.8, 4) is 11.8 Å². The van der Waals surface area contributed by atoms with Gasteiger partial charge in [0.05, 0.1) is 24.9 Å². The van der Waals surface area contributed by atoms with Gasteiger partial charge in [0, 0.05) is 29.1 Å². The van der Waals surface area contributed by atoms with Crippen molar-refractivity contribution in [1.82, 2.24) is 4.98 Å². The zero-order valence-electron chi connectivity index (χ0n) is 12.4. The topological polar surface area (TPSA) is 51.5 Å². The van der Waals surface area contributed by atoms with Crippen LogP contribution in [0.25, 0.3) is 0 Å². The summed E-state index contributed by atoms with van der Waals surface area (Å²) in [5.41, 5.74) is 5.14. The van der Waals surface area contributed by atoms with Gasteiger partial charge in [0.15, 0.2) is 0 Å². The number of aryl methyl sites for hydroxylation is 1. The van der Waals surface area contributed by atoms with Crippen LogP contribution in [-0.2, 0) is 11.3 Å². The molecule has 2 aromatic rings. The van der Waals surface area contributed by atoms with Crippen LogP contribution in [0, 0.1) is 18.8 Å². The molecule has 0 bridgehead atoms. The number of rotatable bonds is 1. The second-order valence-corrected chi connectivity index (χ2v) is 5.00. The molecule has 0 aliphatic carbocycles. The van der Waals surface area contributed by atoms with E-state index in [0.717, 1.165) is 27.9 Å². The minimum Gasteiger partial charge on any atom is -0.465 e. The van der Waals surface area contributed by atoms with Crippen LogP contribution in [0.4, 0.5) is 0 Å². The number of fused-ring (bicyclic) bond motifs is 1. The van der Waals surface area contributed by atoms with E-state index in [1.807, 2.05) is 25.3 Å². The summed E-state index contributed by atoms with van der Waals surface area (Å²) in [6.07, 6.45) is 3.57. The highest BCUT2D eigenvalue weighted by Crippen LogP contribution is 2.14. The third-order valence-corrected chi connectivity index (χ3v) is 3.48. The second-order valence-electron chi connectivity index (χ2n) is 5.00. The molecular weight excluding hydrogens is 276 g/mol. The molecule has 0 saturated heterocycles. The van der Waals surface area contributed by atoms with Gasteiger partial charge in [-0.05, 0) is 30.7 Å². The van der Waals surface area contributed by atoms with Gasteiger partial charge in [0.2, 0.25) is 0 Å². The average molecular weight is 290 g/mol. The number of carbonyl (C=O) groups excluding carboxylic acids is 1. The zero-order chi connectivity index (χ0) is 15.5. The van der Waals surface area contributed by atoms with Crippen LogP contribution in [0.5, 0.6) is 0 Å². The van der Waals surface area contributed by atoms with Gasteiger partial charge in [0.25, 0.3) is 0 Å². The first kappa shape index (κ1) is 14.0. The summed E-state index contributed by atoms with van der Waals surface area (Å²) in [5, 5.41) is 0. The molecule has 3 rings (SSSR count). The molecule has 0 spiro atoms. The highest BCUT2D eigenvalue weighted by Gasteiger charge is 2.08. The summed E-state index contributed by atoms with van der Waals surface area (Å²) >= 11 is 0. The van der Waals surface area contributed by atoms with Crippen molar-refractivity contribution in [3.05, 3.63) is 64.0 Å². The van der Waals surface area contributed by atoms with Crippen LogP contribution in [0.15, 0.2) is 35.5 Å². The predicted molar refractivity (Wildman–Crippen MR) is 84.0 cm³/mol. The number of benzene rings is 1. The lowest BCUT2D eigenvalue weighted by molar-refractivity contribution is 0.0600. The molecule has 0 radical (unpaired) electrons. The van der Waals surface area contributed by atoms with Crippen LogP contribution in [0.1, 0.15) is 38.3 Å². The Morgan fingerprint density at radius 3 is 2.95 bits per heavy atom. The lowest BCUT2D eigenvalue weighted by Gasteiger charge is -2.02. The molecule has 1 aliphatic rings. The number of esters is 1. The Morgan fingerprint density at radius 1 is 1.27 bits per heavy atom. The number of aliphatic imine (C=N–C) groups is 1. The molecule has 1 aromatic carbocycles. The number of carbonyl (C=O) groups is 1. The fourth-order valence-corrected chi connectivity index (χ4v) is 2.19. The van der Waals surface area contributed by atoms with Gasteiger partial charge in [-0.3, -0.25) is 9.98 Å². The zero-order valence-corrected chi connectivity index (χ0v) is 12.4. The van der Waals surface area contributed by atoms with E-state index in [4.69, 9.17) is 4.74 Å².